The fourth-order valence-electron chi connectivity index (χ4n) is 4.57. The molecule has 0 aliphatic rings. The highest BCUT2D eigenvalue weighted by Gasteiger charge is 2.45. The third kappa shape index (κ3) is 15.6. The van der Waals surface area contributed by atoms with Crippen molar-refractivity contribution in [2.24, 2.45) is 5.92 Å². The van der Waals surface area contributed by atoms with Crippen LogP contribution < -0.4 is 0 Å². The van der Waals surface area contributed by atoms with Gasteiger partial charge in [0.1, 0.15) is 16.8 Å². The Bertz CT molecular complexity index is 1280. The summed E-state index contributed by atoms with van der Waals surface area (Å²) in [5.41, 5.74) is -3.96. The Labute approximate surface area is 287 Å². The van der Waals surface area contributed by atoms with E-state index in [0.717, 1.165) is 0 Å². The van der Waals surface area contributed by atoms with E-state index in [-0.39, 0.29) is 5.92 Å². The lowest BCUT2D eigenvalue weighted by Gasteiger charge is -2.43. The highest BCUT2D eigenvalue weighted by atomic mass is 17.2. The molecule has 0 fully saturated rings. The average Bonchev–Trinajstić information content (AvgIpc) is 3.00. The molecule has 0 bridgehead atoms. The van der Waals surface area contributed by atoms with Gasteiger partial charge in [-0.25, -0.2) is 29.1 Å². The van der Waals surface area contributed by atoms with Crippen LogP contribution >= 0.6 is 0 Å². The summed E-state index contributed by atoms with van der Waals surface area (Å²) in [7, 11) is 0. The number of benzene rings is 2. The maximum absolute atomic E-state index is 13.0. The smallest absolute Gasteiger partial charge is 0.292 e. The van der Waals surface area contributed by atoms with Crippen molar-refractivity contribution < 1.29 is 48.7 Å². The van der Waals surface area contributed by atoms with Gasteiger partial charge in [-0.15, -0.1) is 0 Å². The van der Waals surface area contributed by atoms with Crippen molar-refractivity contribution in [2.75, 3.05) is 0 Å². The molecule has 0 aliphatic heterocycles. The van der Waals surface area contributed by atoms with Gasteiger partial charge in [0, 0.05) is 0 Å². The molecule has 2 unspecified atom stereocenters. The van der Waals surface area contributed by atoms with E-state index in [1.165, 1.54) is 0 Å². The minimum Gasteiger partial charge on any atom is -0.292 e. The molecule has 0 radical (unpaired) electrons. The zero-order valence-electron chi connectivity index (χ0n) is 31.3. The Kier molecular flexibility index (Phi) is 14.4. The molecule has 0 saturated heterocycles. The summed E-state index contributed by atoms with van der Waals surface area (Å²) in [4.78, 5) is 71.5. The number of hydrogen-bond acceptors (Lipinski definition) is 10. The second kappa shape index (κ2) is 16.7. The quantitative estimate of drug-likeness (QED) is 0.112. The average molecular weight is 675 g/mol. The Hall–Kier alpha value is -2.86. The Morgan fingerprint density at radius 2 is 0.938 bits per heavy atom. The van der Waals surface area contributed by atoms with Gasteiger partial charge >= 0.3 is 11.9 Å². The third-order valence-corrected chi connectivity index (χ3v) is 7.36. The van der Waals surface area contributed by atoms with Gasteiger partial charge in [-0.2, -0.15) is 9.78 Å². The molecule has 10 heteroatoms. The molecule has 0 N–H and O–H groups in total. The normalized spacial score (nSPS) is 15.0. The van der Waals surface area contributed by atoms with Gasteiger partial charge in [0.25, 0.3) is 0 Å². The van der Waals surface area contributed by atoms with E-state index in [2.05, 4.69) is 0 Å². The first-order valence-corrected chi connectivity index (χ1v) is 16.5. The molecule has 48 heavy (non-hydrogen) atoms. The Morgan fingerprint density at radius 3 is 1.40 bits per heavy atom. The van der Waals surface area contributed by atoms with Gasteiger partial charge < -0.3 is 0 Å². The topological polar surface area (TPSA) is 108 Å². The van der Waals surface area contributed by atoms with Gasteiger partial charge in [-0.05, 0) is 146 Å². The molecule has 2 atom stereocenters. The van der Waals surface area contributed by atoms with Gasteiger partial charge in [-0.3, -0.25) is 9.78 Å². The highest BCUT2D eigenvalue weighted by Crippen LogP contribution is 2.41. The predicted octanol–water partition coefficient (Wildman–Crippen LogP) is 9.33. The van der Waals surface area contributed by atoms with Crippen molar-refractivity contribution in [1.82, 2.24) is 0 Å². The van der Waals surface area contributed by atoms with E-state index in [1.807, 2.05) is 102 Å². The van der Waals surface area contributed by atoms with E-state index in [1.54, 1.807) is 48.5 Å². The first kappa shape index (κ1) is 41.3. The van der Waals surface area contributed by atoms with Crippen molar-refractivity contribution >= 4 is 11.9 Å². The maximum Gasteiger partial charge on any atom is 0.373 e. The first-order chi connectivity index (χ1) is 21.9. The van der Waals surface area contributed by atoms with Crippen LogP contribution in [-0.4, -0.2) is 45.5 Å². The molecule has 0 saturated carbocycles. The van der Waals surface area contributed by atoms with Crippen molar-refractivity contribution in [1.29, 1.82) is 0 Å². The Balaban J connectivity index is 2.36. The van der Waals surface area contributed by atoms with Crippen LogP contribution in [0.25, 0.3) is 0 Å². The Morgan fingerprint density at radius 1 is 0.500 bits per heavy atom. The molecule has 0 aromatic heterocycles. The lowest BCUT2D eigenvalue weighted by atomic mass is 9.74. The molecule has 270 valence electrons. The summed E-state index contributed by atoms with van der Waals surface area (Å²) < 4.78 is 0. The SMILES string of the molecule is CC(C)(C)OOC(C)(C)CC(CC(C)(CCC(C)(C)OOC(=O)c1ccccc1)OOC(=O)c1ccccc1)C(C)(C)OOC(C)(C)C. The summed E-state index contributed by atoms with van der Waals surface area (Å²) in [6, 6.07) is 17.2. The van der Waals surface area contributed by atoms with Crippen LogP contribution in [0.15, 0.2) is 60.7 Å². The zero-order valence-corrected chi connectivity index (χ0v) is 31.3. The van der Waals surface area contributed by atoms with Crippen LogP contribution in [0, 0.1) is 5.92 Å². The summed E-state index contributed by atoms with van der Waals surface area (Å²) in [5.74, 6) is -1.50. The maximum atomic E-state index is 13.0. The van der Waals surface area contributed by atoms with E-state index in [0.29, 0.717) is 36.8 Å². The predicted molar refractivity (Wildman–Crippen MR) is 182 cm³/mol. The number of rotatable bonds is 18. The summed E-state index contributed by atoms with van der Waals surface area (Å²) >= 11 is 0. The molecule has 0 heterocycles. The molecular weight excluding hydrogens is 616 g/mol. The third-order valence-electron chi connectivity index (χ3n) is 7.36. The standard InChI is InChI=1S/C38H58O10/c1-33(2,3)43-46-36(9,10)26-30(37(11,12)47-44-34(4,5)6)27-38(13,48-42-32(40)29-22-18-15-19-23-29)25-24-35(7,8)45-41-31(39)28-20-16-14-17-21-28/h14-23,30H,24-27H2,1-13H3. The van der Waals surface area contributed by atoms with Gasteiger partial charge in [-0.1, -0.05) is 36.4 Å². The van der Waals surface area contributed by atoms with Crippen LogP contribution in [-0.2, 0) is 39.1 Å². The van der Waals surface area contributed by atoms with Crippen molar-refractivity contribution in [3.05, 3.63) is 71.8 Å². The molecule has 0 aliphatic carbocycles. The van der Waals surface area contributed by atoms with E-state index < -0.39 is 45.5 Å². The molecule has 10 nitrogen and oxygen atoms in total. The van der Waals surface area contributed by atoms with Crippen molar-refractivity contribution in [2.45, 2.75) is 149 Å². The van der Waals surface area contributed by atoms with E-state index in [9.17, 15) is 9.59 Å². The number of carbonyl (C=O) groups excluding carboxylic acids is 2. The largest absolute Gasteiger partial charge is 0.373 e. The van der Waals surface area contributed by atoms with Crippen LogP contribution in [0.2, 0.25) is 0 Å². The lowest BCUT2D eigenvalue weighted by molar-refractivity contribution is -0.421. The molecule has 0 spiro atoms. The van der Waals surface area contributed by atoms with E-state index >= 15 is 0 Å². The molecule has 0 amide bonds. The van der Waals surface area contributed by atoms with Gasteiger partial charge in [0.15, 0.2) is 0 Å². The molecule has 2 aromatic rings. The van der Waals surface area contributed by atoms with Crippen molar-refractivity contribution in [3.63, 3.8) is 0 Å². The van der Waals surface area contributed by atoms with E-state index in [4.69, 9.17) is 39.1 Å². The van der Waals surface area contributed by atoms with Crippen LogP contribution in [0.4, 0.5) is 0 Å². The number of hydrogen-bond donors (Lipinski definition) is 0. The van der Waals surface area contributed by atoms with Crippen LogP contribution in [0.5, 0.6) is 0 Å². The molecule has 2 rings (SSSR count). The number of carbonyl (C=O) groups is 2. The molecular formula is C38H58O10. The zero-order chi connectivity index (χ0) is 36.4. The summed E-state index contributed by atoms with van der Waals surface area (Å²) in [6.45, 7) is 24.7. The summed E-state index contributed by atoms with van der Waals surface area (Å²) in [6.07, 6.45) is 1.52. The monoisotopic (exact) mass is 674 g/mol. The second-order valence-electron chi connectivity index (χ2n) is 16.4. The van der Waals surface area contributed by atoms with Gasteiger partial charge in [0.05, 0.1) is 27.9 Å². The second-order valence-corrected chi connectivity index (χ2v) is 16.4. The fourth-order valence-corrected chi connectivity index (χ4v) is 4.57. The van der Waals surface area contributed by atoms with Crippen molar-refractivity contribution in [3.8, 4) is 0 Å². The minimum absolute atomic E-state index is 0.279. The lowest BCUT2D eigenvalue weighted by Crippen LogP contribution is -2.46. The first-order valence-electron chi connectivity index (χ1n) is 16.5. The van der Waals surface area contributed by atoms with Crippen LogP contribution in [0.3, 0.4) is 0 Å². The summed E-state index contributed by atoms with van der Waals surface area (Å²) in [5, 5.41) is 0. The van der Waals surface area contributed by atoms with Gasteiger partial charge in [0.2, 0.25) is 0 Å². The highest BCUT2D eigenvalue weighted by molar-refractivity contribution is 5.89. The fraction of sp³-hybridized carbons (Fsp3) is 0.632. The van der Waals surface area contributed by atoms with Crippen LogP contribution in [0.1, 0.15) is 136 Å². The minimum atomic E-state index is -1.07. The molecule has 2 aromatic carbocycles.